The Morgan fingerprint density at radius 1 is 1.36 bits per heavy atom. The molecule has 1 aliphatic rings. The number of hydrogen-bond donors (Lipinski definition) is 2. The molecule has 0 radical (unpaired) electrons. The molecule has 2 heterocycles. The van der Waals surface area contributed by atoms with Crippen LogP contribution in [0.5, 0.6) is 5.75 Å². The summed E-state index contributed by atoms with van der Waals surface area (Å²) in [5.41, 5.74) is 7.39. The van der Waals surface area contributed by atoms with E-state index in [1.165, 1.54) is 26.0 Å². The van der Waals surface area contributed by atoms with Gasteiger partial charge in [0.1, 0.15) is 11.6 Å². The molecule has 0 aliphatic carbocycles. The van der Waals surface area contributed by atoms with Crippen molar-refractivity contribution in [2.24, 2.45) is 0 Å². The van der Waals surface area contributed by atoms with Crippen LogP contribution in [0.3, 0.4) is 0 Å². The minimum Gasteiger partial charge on any atom is -0.496 e. The van der Waals surface area contributed by atoms with Crippen LogP contribution in [0.4, 0.5) is 11.5 Å². The van der Waals surface area contributed by atoms with E-state index in [9.17, 15) is 4.79 Å². The van der Waals surface area contributed by atoms with Gasteiger partial charge in [-0.3, -0.25) is 4.79 Å². The zero-order valence-electron chi connectivity index (χ0n) is 14.1. The van der Waals surface area contributed by atoms with E-state index >= 15 is 0 Å². The number of nitrogens with two attached hydrogens (primary N) is 1. The molecule has 0 unspecified atom stereocenters. The Hall–Kier alpha value is -2.47. The van der Waals surface area contributed by atoms with E-state index in [1.807, 2.05) is 12.1 Å². The maximum absolute atomic E-state index is 12.4. The lowest BCUT2D eigenvalue weighted by atomic mass is 10.1. The van der Waals surface area contributed by atoms with Gasteiger partial charge < -0.3 is 20.7 Å². The molecule has 3 rings (SSSR count). The number of pyridine rings is 1. The molecular weight excluding hydrogens is 340 g/mol. The molecule has 3 N–H and O–H groups in total. The zero-order valence-corrected chi connectivity index (χ0v) is 14.8. The number of hydrogen-bond acceptors (Lipinski definition) is 5. The van der Waals surface area contributed by atoms with Crippen LogP contribution in [0.25, 0.3) is 0 Å². The largest absolute Gasteiger partial charge is 0.496 e. The van der Waals surface area contributed by atoms with Gasteiger partial charge in [-0.1, -0.05) is 17.7 Å². The number of benzene rings is 1. The summed E-state index contributed by atoms with van der Waals surface area (Å²) in [7, 11) is 1.49. The van der Waals surface area contributed by atoms with Gasteiger partial charge in [0.2, 0.25) is 0 Å². The number of rotatable bonds is 5. The van der Waals surface area contributed by atoms with Crippen LogP contribution in [0.1, 0.15) is 28.8 Å². The van der Waals surface area contributed by atoms with Crippen molar-refractivity contribution in [2.75, 3.05) is 30.8 Å². The van der Waals surface area contributed by atoms with E-state index in [0.717, 1.165) is 24.5 Å². The lowest BCUT2D eigenvalue weighted by Gasteiger charge is -2.16. The summed E-state index contributed by atoms with van der Waals surface area (Å²) < 4.78 is 5.21. The number of carbonyl (C=O) groups excluding carboxylic acids is 1. The van der Waals surface area contributed by atoms with Crippen LogP contribution in [0, 0.1) is 0 Å². The number of methoxy groups -OCH3 is 1. The summed E-state index contributed by atoms with van der Waals surface area (Å²) in [6.45, 7) is 2.48. The second kappa shape index (κ2) is 7.61. The number of nitrogen functional groups attached to an aromatic ring is 1. The highest BCUT2D eigenvalue weighted by molar-refractivity contribution is 6.33. The smallest absolute Gasteiger partial charge is 0.255 e. The fraction of sp³-hybridized carbons (Fsp3) is 0.333. The Bertz CT molecular complexity index is 758. The van der Waals surface area contributed by atoms with Crippen molar-refractivity contribution >= 4 is 29.0 Å². The molecule has 2 aromatic rings. The molecule has 0 saturated carbocycles. The molecule has 7 heteroatoms. The average molecular weight is 361 g/mol. The molecule has 1 aromatic heterocycles. The molecule has 1 aromatic carbocycles. The summed E-state index contributed by atoms with van der Waals surface area (Å²) in [6.07, 6.45) is 4.22. The number of halogens is 1. The molecule has 0 spiro atoms. The fourth-order valence-electron chi connectivity index (χ4n) is 2.85. The Morgan fingerprint density at radius 2 is 2.12 bits per heavy atom. The van der Waals surface area contributed by atoms with E-state index in [1.54, 1.807) is 12.3 Å². The molecular formula is C18H21ClN4O2. The first-order valence-corrected chi connectivity index (χ1v) is 8.57. The SMILES string of the molecule is COc1cc(N)c(Cl)cc1C(=O)NCc1ccc(N2CCCC2)nc1. The molecule has 0 atom stereocenters. The summed E-state index contributed by atoms with van der Waals surface area (Å²) >= 11 is 6.01. The number of anilines is 2. The second-order valence-corrected chi connectivity index (χ2v) is 6.38. The Labute approximate surface area is 151 Å². The highest BCUT2D eigenvalue weighted by Gasteiger charge is 2.16. The number of ether oxygens (including phenoxy) is 1. The maximum Gasteiger partial charge on any atom is 0.255 e. The topological polar surface area (TPSA) is 80.5 Å². The average Bonchev–Trinajstić information content (AvgIpc) is 3.16. The lowest BCUT2D eigenvalue weighted by molar-refractivity contribution is 0.0948. The Balaban J connectivity index is 1.65. The molecule has 6 nitrogen and oxygen atoms in total. The van der Waals surface area contributed by atoms with Crippen LogP contribution in [-0.2, 0) is 6.54 Å². The Morgan fingerprint density at radius 3 is 2.76 bits per heavy atom. The predicted molar refractivity (Wildman–Crippen MR) is 99.3 cm³/mol. The molecule has 25 heavy (non-hydrogen) atoms. The van der Waals surface area contributed by atoms with Crippen molar-refractivity contribution in [1.29, 1.82) is 0 Å². The van der Waals surface area contributed by atoms with Crippen molar-refractivity contribution in [2.45, 2.75) is 19.4 Å². The van der Waals surface area contributed by atoms with E-state index in [4.69, 9.17) is 22.1 Å². The van der Waals surface area contributed by atoms with E-state index in [0.29, 0.717) is 28.6 Å². The van der Waals surface area contributed by atoms with Crippen LogP contribution in [0.15, 0.2) is 30.5 Å². The molecule has 1 fully saturated rings. The molecule has 0 bridgehead atoms. The summed E-state index contributed by atoms with van der Waals surface area (Å²) in [5.74, 6) is 1.10. The minimum absolute atomic E-state index is 0.276. The molecule has 1 saturated heterocycles. The third-order valence-corrected chi connectivity index (χ3v) is 4.58. The van der Waals surface area contributed by atoms with E-state index in [-0.39, 0.29) is 5.91 Å². The number of nitrogens with one attached hydrogen (secondary N) is 1. The van der Waals surface area contributed by atoms with Crippen molar-refractivity contribution in [3.8, 4) is 5.75 Å². The van der Waals surface area contributed by atoms with Crippen LogP contribution < -0.4 is 20.7 Å². The minimum atomic E-state index is -0.276. The number of amides is 1. The van der Waals surface area contributed by atoms with Crippen molar-refractivity contribution in [3.63, 3.8) is 0 Å². The van der Waals surface area contributed by atoms with Gasteiger partial charge in [-0.05, 0) is 30.5 Å². The highest BCUT2D eigenvalue weighted by Crippen LogP contribution is 2.28. The van der Waals surface area contributed by atoms with E-state index < -0.39 is 0 Å². The van der Waals surface area contributed by atoms with Crippen LogP contribution in [0.2, 0.25) is 5.02 Å². The number of carbonyl (C=O) groups is 1. The lowest BCUT2D eigenvalue weighted by Crippen LogP contribution is -2.24. The quantitative estimate of drug-likeness (QED) is 0.801. The fourth-order valence-corrected chi connectivity index (χ4v) is 3.01. The van der Waals surface area contributed by atoms with Gasteiger partial charge in [0.05, 0.1) is 23.4 Å². The number of aromatic nitrogens is 1. The highest BCUT2D eigenvalue weighted by atomic mass is 35.5. The summed E-state index contributed by atoms with van der Waals surface area (Å²) in [6, 6.07) is 7.03. The summed E-state index contributed by atoms with van der Waals surface area (Å²) in [4.78, 5) is 19.2. The van der Waals surface area contributed by atoms with Crippen LogP contribution >= 0.6 is 11.6 Å². The van der Waals surface area contributed by atoms with Crippen molar-refractivity contribution < 1.29 is 9.53 Å². The van der Waals surface area contributed by atoms with Gasteiger partial charge >= 0.3 is 0 Å². The first-order chi connectivity index (χ1) is 12.1. The van der Waals surface area contributed by atoms with Gasteiger partial charge in [0, 0.05) is 31.9 Å². The predicted octanol–water partition coefficient (Wildman–Crippen LogP) is 2.86. The number of nitrogens with zero attached hydrogens (tertiary/aromatic N) is 2. The van der Waals surface area contributed by atoms with Crippen molar-refractivity contribution in [3.05, 3.63) is 46.6 Å². The zero-order chi connectivity index (χ0) is 17.8. The monoisotopic (exact) mass is 360 g/mol. The Kier molecular flexibility index (Phi) is 5.28. The first-order valence-electron chi connectivity index (χ1n) is 8.19. The molecule has 1 amide bonds. The van der Waals surface area contributed by atoms with Gasteiger partial charge in [-0.25, -0.2) is 4.98 Å². The maximum atomic E-state index is 12.4. The van der Waals surface area contributed by atoms with Gasteiger partial charge in [0.25, 0.3) is 5.91 Å². The van der Waals surface area contributed by atoms with Crippen LogP contribution in [-0.4, -0.2) is 31.1 Å². The standard InChI is InChI=1S/C18H21ClN4O2/c1-25-16-9-15(20)14(19)8-13(16)18(24)22-11-12-4-5-17(21-10-12)23-6-2-3-7-23/h4-5,8-10H,2-3,6-7,11,20H2,1H3,(H,22,24). The van der Waals surface area contributed by atoms with Gasteiger partial charge in [0.15, 0.2) is 0 Å². The third kappa shape index (κ3) is 3.96. The molecule has 132 valence electrons. The van der Waals surface area contributed by atoms with Gasteiger partial charge in [-0.15, -0.1) is 0 Å². The first kappa shape index (κ1) is 17.4. The second-order valence-electron chi connectivity index (χ2n) is 5.98. The van der Waals surface area contributed by atoms with Crippen molar-refractivity contribution in [1.82, 2.24) is 10.3 Å². The van der Waals surface area contributed by atoms with E-state index in [2.05, 4.69) is 15.2 Å². The normalized spacial score (nSPS) is 13.8. The summed E-state index contributed by atoms with van der Waals surface area (Å²) in [5, 5.41) is 3.18. The molecule has 1 aliphatic heterocycles. The third-order valence-electron chi connectivity index (χ3n) is 4.26. The van der Waals surface area contributed by atoms with Gasteiger partial charge in [-0.2, -0.15) is 0 Å².